The van der Waals surface area contributed by atoms with Gasteiger partial charge in [0.15, 0.2) is 5.11 Å². The van der Waals surface area contributed by atoms with Gasteiger partial charge in [-0.05, 0) is 50.0 Å². The molecule has 1 aromatic rings. The normalized spacial score (nSPS) is 22.2. The number of thiocarbonyl (C=S) groups is 1. The Kier molecular flexibility index (Phi) is 5.90. The first-order chi connectivity index (χ1) is 10.5. The van der Waals surface area contributed by atoms with Gasteiger partial charge < -0.3 is 15.2 Å². The van der Waals surface area contributed by atoms with E-state index in [9.17, 15) is 9.90 Å². The van der Waals surface area contributed by atoms with E-state index in [2.05, 4.69) is 22.8 Å². The van der Waals surface area contributed by atoms with Crippen molar-refractivity contribution in [3.8, 4) is 0 Å². The number of hydrogen-bond donors (Lipinski definition) is 2. The highest BCUT2D eigenvalue weighted by molar-refractivity contribution is 7.80. The quantitative estimate of drug-likeness (QED) is 0.498. The minimum atomic E-state index is -1.17. The van der Waals surface area contributed by atoms with Crippen LogP contribution in [0.2, 0.25) is 0 Å². The van der Waals surface area contributed by atoms with Crippen LogP contribution in [0.5, 0.6) is 0 Å². The molecule has 1 fully saturated rings. The van der Waals surface area contributed by atoms with E-state index < -0.39 is 5.97 Å². The molecule has 0 aliphatic heterocycles. The molecule has 2 atom stereocenters. The Morgan fingerprint density at radius 3 is 2.68 bits per heavy atom. The average molecular weight is 338 g/mol. The van der Waals surface area contributed by atoms with Crippen molar-refractivity contribution in [1.82, 2.24) is 10.7 Å². The Labute approximate surface area is 139 Å². The lowest BCUT2D eigenvalue weighted by Gasteiger charge is -2.30. The molecule has 5 nitrogen and oxygen atoms in total. The highest BCUT2D eigenvalue weighted by atomic mass is 32.1. The summed E-state index contributed by atoms with van der Waals surface area (Å²) in [6.45, 7) is 4.05. The second-order valence-electron chi connectivity index (χ2n) is 5.60. The summed E-state index contributed by atoms with van der Waals surface area (Å²) in [7, 11) is 0. The highest BCUT2D eigenvalue weighted by Crippen LogP contribution is 2.23. The van der Waals surface area contributed by atoms with Gasteiger partial charge in [-0.2, -0.15) is 5.10 Å². The predicted molar refractivity (Wildman–Crippen MR) is 91.1 cm³/mol. The molecule has 1 aliphatic carbocycles. The van der Waals surface area contributed by atoms with Crippen molar-refractivity contribution in [1.29, 1.82) is 0 Å². The number of nitrogens with zero attached hydrogens (tertiary/aromatic N) is 1. The van der Waals surface area contributed by atoms with Gasteiger partial charge in [-0.15, -0.1) is 11.3 Å². The summed E-state index contributed by atoms with van der Waals surface area (Å²) >= 11 is 6.41. The van der Waals surface area contributed by atoms with E-state index >= 15 is 0 Å². The zero-order chi connectivity index (χ0) is 16.1. The smallest absolute Gasteiger partial charge is 0.187 e. The first-order valence-electron chi connectivity index (χ1n) is 7.39. The Morgan fingerprint density at radius 1 is 1.36 bits per heavy atom. The van der Waals surface area contributed by atoms with Gasteiger partial charge in [0, 0.05) is 6.04 Å². The summed E-state index contributed by atoms with van der Waals surface area (Å²) in [5.74, 6) is -0.554. The molecular formula is C15H20N3O2S2-. The Hall–Kier alpha value is -1.47. The lowest BCUT2D eigenvalue weighted by atomic mass is 9.86. The fourth-order valence-electron chi connectivity index (χ4n) is 2.56. The van der Waals surface area contributed by atoms with Gasteiger partial charge in [0.05, 0.1) is 21.4 Å². The van der Waals surface area contributed by atoms with Crippen molar-refractivity contribution in [2.75, 3.05) is 0 Å². The molecule has 7 heteroatoms. The van der Waals surface area contributed by atoms with Crippen LogP contribution in [0, 0.1) is 5.92 Å². The van der Waals surface area contributed by atoms with Crippen molar-refractivity contribution in [3.05, 3.63) is 21.9 Å². The Morgan fingerprint density at radius 2 is 2.05 bits per heavy atom. The van der Waals surface area contributed by atoms with Gasteiger partial charge in [-0.25, -0.2) is 0 Å². The zero-order valence-corrected chi connectivity index (χ0v) is 14.4. The predicted octanol–water partition coefficient (Wildman–Crippen LogP) is 1.88. The molecule has 0 spiro atoms. The lowest BCUT2D eigenvalue weighted by molar-refractivity contribution is -0.254. The van der Waals surface area contributed by atoms with E-state index in [4.69, 9.17) is 12.2 Å². The largest absolute Gasteiger partial charge is 0.544 e. The number of carbonyl (C=O) groups is 1. The molecule has 0 amide bonds. The van der Waals surface area contributed by atoms with Crippen molar-refractivity contribution >= 4 is 40.3 Å². The molecule has 1 aromatic heterocycles. The summed E-state index contributed by atoms with van der Waals surface area (Å²) in [6.07, 6.45) is 4.87. The summed E-state index contributed by atoms with van der Waals surface area (Å²) in [5.41, 5.74) is 3.53. The molecule has 2 rings (SSSR count). The number of hydrogen-bond acceptors (Lipinski definition) is 5. The number of thiophene rings is 1. The van der Waals surface area contributed by atoms with Crippen LogP contribution in [-0.4, -0.2) is 22.8 Å². The van der Waals surface area contributed by atoms with Crippen LogP contribution in [0.1, 0.15) is 54.1 Å². The van der Waals surface area contributed by atoms with Crippen molar-refractivity contribution in [3.63, 3.8) is 0 Å². The third-order valence-electron chi connectivity index (χ3n) is 3.92. The second kappa shape index (κ2) is 7.69. The van der Waals surface area contributed by atoms with Gasteiger partial charge >= 0.3 is 0 Å². The zero-order valence-electron chi connectivity index (χ0n) is 12.7. The van der Waals surface area contributed by atoms with Crippen LogP contribution >= 0.6 is 23.6 Å². The van der Waals surface area contributed by atoms with Crippen LogP contribution in [-0.2, 0) is 0 Å². The maximum Gasteiger partial charge on any atom is 0.187 e. The molecule has 0 unspecified atom stereocenters. The number of rotatable bonds is 4. The Bertz CT molecular complexity index is 583. The molecule has 22 heavy (non-hydrogen) atoms. The number of carboxylic acids is 1. The van der Waals surface area contributed by atoms with Crippen LogP contribution in [0.3, 0.4) is 0 Å². The number of nitrogens with one attached hydrogen (secondary N) is 2. The third kappa shape index (κ3) is 4.51. The van der Waals surface area contributed by atoms with E-state index in [-0.39, 0.29) is 4.88 Å². The topological polar surface area (TPSA) is 76.5 Å². The maximum absolute atomic E-state index is 10.8. The van der Waals surface area contributed by atoms with E-state index in [0.29, 0.717) is 22.8 Å². The van der Waals surface area contributed by atoms with Gasteiger partial charge in [0.25, 0.3) is 0 Å². The number of hydrazone groups is 1. The maximum atomic E-state index is 10.8. The summed E-state index contributed by atoms with van der Waals surface area (Å²) in [5, 5.41) is 18.8. The van der Waals surface area contributed by atoms with Gasteiger partial charge in [-0.1, -0.05) is 19.8 Å². The summed E-state index contributed by atoms with van der Waals surface area (Å²) < 4.78 is 0. The molecule has 0 bridgehead atoms. The molecule has 1 saturated carbocycles. The molecule has 0 saturated heterocycles. The van der Waals surface area contributed by atoms with Gasteiger partial charge in [0.2, 0.25) is 0 Å². The Balaban J connectivity index is 1.89. The summed E-state index contributed by atoms with van der Waals surface area (Å²) in [6, 6.07) is 3.64. The average Bonchev–Trinajstić information content (AvgIpc) is 2.97. The van der Waals surface area contributed by atoms with Gasteiger partial charge in [0.1, 0.15) is 0 Å². The summed E-state index contributed by atoms with van der Waals surface area (Å²) in [4.78, 5) is 11.7. The van der Waals surface area contributed by atoms with E-state index in [1.165, 1.54) is 25.3 Å². The van der Waals surface area contributed by atoms with Crippen molar-refractivity contribution in [2.45, 2.75) is 45.6 Å². The molecule has 1 heterocycles. The fourth-order valence-corrected chi connectivity index (χ4v) is 3.55. The van der Waals surface area contributed by atoms with Crippen LogP contribution in [0.15, 0.2) is 17.2 Å². The molecule has 0 aromatic carbocycles. The van der Waals surface area contributed by atoms with Gasteiger partial charge in [-0.3, -0.25) is 5.43 Å². The SMILES string of the molecule is C/C(=N/NC(=S)N[C@@H]1CCCC[C@@H]1C)c1ccc(C(=O)[O-])s1. The third-order valence-corrected chi connectivity index (χ3v) is 5.30. The van der Waals surface area contributed by atoms with Crippen LogP contribution in [0.25, 0.3) is 0 Å². The molecular weight excluding hydrogens is 318 g/mol. The molecule has 2 N–H and O–H groups in total. The second-order valence-corrected chi connectivity index (χ2v) is 7.09. The highest BCUT2D eigenvalue weighted by Gasteiger charge is 2.21. The lowest BCUT2D eigenvalue weighted by Crippen LogP contribution is -2.44. The standard InChI is InChI=1S/C15H21N3O2S2/c1-9-5-3-4-6-11(9)16-15(21)18-17-10(2)12-7-8-13(22-12)14(19)20/h7-9,11H,3-6H2,1-2H3,(H,19,20)(H2,16,18,21)/p-1/b17-10-/t9-,11+/m0/s1. The van der Waals surface area contributed by atoms with E-state index in [1.807, 2.05) is 6.92 Å². The first kappa shape index (κ1) is 16.9. The number of carboxylic acid groups (broad SMARTS) is 1. The molecule has 1 aliphatic rings. The van der Waals surface area contributed by atoms with Crippen molar-refractivity contribution in [2.24, 2.45) is 11.0 Å². The first-order valence-corrected chi connectivity index (χ1v) is 8.62. The number of carbonyl (C=O) groups excluding carboxylic acids is 1. The molecule has 120 valence electrons. The van der Waals surface area contributed by atoms with Crippen LogP contribution in [0.4, 0.5) is 0 Å². The minimum absolute atomic E-state index is 0.196. The van der Waals surface area contributed by atoms with E-state index in [0.717, 1.165) is 22.6 Å². The monoisotopic (exact) mass is 338 g/mol. The number of aromatic carboxylic acids is 1. The van der Waals surface area contributed by atoms with E-state index in [1.54, 1.807) is 6.07 Å². The van der Waals surface area contributed by atoms with Crippen LogP contribution < -0.4 is 15.8 Å². The van der Waals surface area contributed by atoms with Crippen molar-refractivity contribution < 1.29 is 9.90 Å². The molecule has 0 radical (unpaired) electrons. The fraction of sp³-hybridized carbons (Fsp3) is 0.533. The minimum Gasteiger partial charge on any atom is -0.544 e.